The van der Waals surface area contributed by atoms with Gasteiger partial charge in [0.2, 0.25) is 0 Å². The van der Waals surface area contributed by atoms with Gasteiger partial charge in [0.25, 0.3) is 0 Å². The second-order valence-electron chi connectivity index (χ2n) is 4.10. The van der Waals surface area contributed by atoms with E-state index >= 15 is 0 Å². The number of benzene rings is 1. The molecule has 1 atom stereocenters. The molecule has 0 radical (unpaired) electrons. The SMILES string of the molecule is CCNCCC1NCCc2ccccc21. The molecule has 0 aromatic heterocycles. The van der Waals surface area contributed by atoms with Crippen LogP contribution in [0, 0.1) is 0 Å². The van der Waals surface area contributed by atoms with Crippen molar-refractivity contribution in [2.45, 2.75) is 25.8 Å². The Balaban J connectivity index is 2.02. The number of hydrogen-bond donors (Lipinski definition) is 2. The van der Waals surface area contributed by atoms with E-state index in [1.165, 1.54) is 24.0 Å². The summed E-state index contributed by atoms with van der Waals surface area (Å²) in [5, 5.41) is 6.98. The lowest BCUT2D eigenvalue weighted by Crippen LogP contribution is -2.32. The number of nitrogens with one attached hydrogen (secondary N) is 2. The molecule has 0 spiro atoms. The fraction of sp³-hybridized carbons (Fsp3) is 0.538. The van der Waals surface area contributed by atoms with E-state index in [2.05, 4.69) is 41.8 Å². The third-order valence-corrected chi connectivity index (χ3v) is 3.08. The van der Waals surface area contributed by atoms with Crippen LogP contribution >= 0.6 is 0 Å². The van der Waals surface area contributed by atoms with E-state index in [1.807, 2.05) is 0 Å². The monoisotopic (exact) mass is 204 g/mol. The summed E-state index contributed by atoms with van der Waals surface area (Å²) in [6.45, 7) is 5.44. The molecule has 1 unspecified atom stereocenters. The van der Waals surface area contributed by atoms with Crippen molar-refractivity contribution in [3.8, 4) is 0 Å². The zero-order valence-corrected chi connectivity index (χ0v) is 9.42. The smallest absolute Gasteiger partial charge is 0.0335 e. The molecule has 15 heavy (non-hydrogen) atoms. The van der Waals surface area contributed by atoms with Gasteiger partial charge < -0.3 is 10.6 Å². The minimum Gasteiger partial charge on any atom is -0.317 e. The molecular weight excluding hydrogens is 184 g/mol. The van der Waals surface area contributed by atoms with Gasteiger partial charge in [0, 0.05) is 6.04 Å². The molecule has 1 aliphatic heterocycles. The Kier molecular flexibility index (Phi) is 3.75. The molecule has 0 fully saturated rings. The van der Waals surface area contributed by atoms with E-state index in [-0.39, 0.29) is 0 Å². The fourth-order valence-corrected chi connectivity index (χ4v) is 2.27. The van der Waals surface area contributed by atoms with Gasteiger partial charge in [0.15, 0.2) is 0 Å². The summed E-state index contributed by atoms with van der Waals surface area (Å²) in [6, 6.07) is 9.36. The van der Waals surface area contributed by atoms with E-state index in [9.17, 15) is 0 Å². The van der Waals surface area contributed by atoms with Crippen LogP contribution in [0.2, 0.25) is 0 Å². The molecule has 2 N–H and O–H groups in total. The Bertz CT molecular complexity index is 309. The molecule has 82 valence electrons. The molecule has 0 saturated heterocycles. The maximum absolute atomic E-state index is 3.59. The summed E-state index contributed by atoms with van der Waals surface area (Å²) in [5.41, 5.74) is 3.03. The molecule has 1 aromatic rings. The Labute approximate surface area is 92.1 Å². The van der Waals surface area contributed by atoms with Crippen molar-refractivity contribution >= 4 is 0 Å². The van der Waals surface area contributed by atoms with Crippen LogP contribution in [0.1, 0.15) is 30.5 Å². The lowest BCUT2D eigenvalue weighted by atomic mass is 9.92. The van der Waals surface area contributed by atoms with Crippen LogP contribution in [0.5, 0.6) is 0 Å². The maximum Gasteiger partial charge on any atom is 0.0335 e. The summed E-state index contributed by atoms with van der Waals surface area (Å²) < 4.78 is 0. The van der Waals surface area contributed by atoms with Crippen LogP contribution < -0.4 is 10.6 Å². The Hall–Kier alpha value is -0.860. The summed E-state index contributed by atoms with van der Waals surface area (Å²) in [7, 11) is 0. The predicted octanol–water partition coefficient (Wildman–Crippen LogP) is 1.87. The summed E-state index contributed by atoms with van der Waals surface area (Å²) in [5.74, 6) is 0. The van der Waals surface area contributed by atoms with Crippen LogP contribution in [0.15, 0.2) is 24.3 Å². The first kappa shape index (κ1) is 10.7. The van der Waals surface area contributed by atoms with Gasteiger partial charge in [0.1, 0.15) is 0 Å². The first-order valence-corrected chi connectivity index (χ1v) is 5.93. The molecule has 1 heterocycles. The lowest BCUT2D eigenvalue weighted by molar-refractivity contribution is 0.462. The highest BCUT2D eigenvalue weighted by atomic mass is 14.9. The van der Waals surface area contributed by atoms with E-state index in [0.717, 1.165) is 19.6 Å². The highest BCUT2D eigenvalue weighted by Gasteiger charge is 2.17. The summed E-state index contributed by atoms with van der Waals surface area (Å²) in [4.78, 5) is 0. The molecule has 1 aromatic carbocycles. The van der Waals surface area contributed by atoms with Gasteiger partial charge in [-0.3, -0.25) is 0 Å². The van der Waals surface area contributed by atoms with Gasteiger partial charge in [-0.2, -0.15) is 0 Å². The van der Waals surface area contributed by atoms with E-state index in [0.29, 0.717) is 6.04 Å². The van der Waals surface area contributed by atoms with Gasteiger partial charge in [0.05, 0.1) is 0 Å². The normalized spacial score (nSPS) is 19.9. The minimum atomic E-state index is 0.550. The third kappa shape index (κ3) is 2.58. The fourth-order valence-electron chi connectivity index (χ4n) is 2.27. The largest absolute Gasteiger partial charge is 0.317 e. The van der Waals surface area contributed by atoms with Crippen LogP contribution in [-0.4, -0.2) is 19.6 Å². The first-order valence-electron chi connectivity index (χ1n) is 5.93. The zero-order chi connectivity index (χ0) is 10.5. The summed E-state index contributed by atoms with van der Waals surface area (Å²) in [6.07, 6.45) is 2.36. The van der Waals surface area contributed by atoms with Crippen LogP contribution in [0.3, 0.4) is 0 Å². The van der Waals surface area contributed by atoms with Crippen molar-refractivity contribution < 1.29 is 0 Å². The second-order valence-corrected chi connectivity index (χ2v) is 4.10. The van der Waals surface area contributed by atoms with Crippen molar-refractivity contribution in [1.82, 2.24) is 10.6 Å². The number of hydrogen-bond acceptors (Lipinski definition) is 2. The quantitative estimate of drug-likeness (QED) is 0.732. The Morgan fingerprint density at radius 1 is 1.40 bits per heavy atom. The number of fused-ring (bicyclic) bond motifs is 1. The molecule has 1 aliphatic rings. The van der Waals surface area contributed by atoms with Crippen LogP contribution in [-0.2, 0) is 6.42 Å². The predicted molar refractivity (Wildman–Crippen MR) is 64.1 cm³/mol. The van der Waals surface area contributed by atoms with Crippen molar-refractivity contribution in [2.24, 2.45) is 0 Å². The van der Waals surface area contributed by atoms with E-state index in [1.54, 1.807) is 0 Å². The van der Waals surface area contributed by atoms with Gasteiger partial charge >= 0.3 is 0 Å². The van der Waals surface area contributed by atoms with Crippen LogP contribution in [0.25, 0.3) is 0 Å². The minimum absolute atomic E-state index is 0.550. The van der Waals surface area contributed by atoms with Crippen molar-refractivity contribution in [2.75, 3.05) is 19.6 Å². The van der Waals surface area contributed by atoms with Gasteiger partial charge in [-0.15, -0.1) is 0 Å². The summed E-state index contributed by atoms with van der Waals surface area (Å²) >= 11 is 0. The van der Waals surface area contributed by atoms with Crippen LogP contribution in [0.4, 0.5) is 0 Å². The van der Waals surface area contributed by atoms with Crippen molar-refractivity contribution in [3.63, 3.8) is 0 Å². The molecule has 0 amide bonds. The molecule has 2 heteroatoms. The molecule has 2 rings (SSSR count). The molecule has 0 bridgehead atoms. The molecule has 2 nitrogen and oxygen atoms in total. The maximum atomic E-state index is 3.59. The van der Waals surface area contributed by atoms with Crippen molar-refractivity contribution in [3.05, 3.63) is 35.4 Å². The van der Waals surface area contributed by atoms with Gasteiger partial charge in [-0.25, -0.2) is 0 Å². The van der Waals surface area contributed by atoms with Gasteiger partial charge in [-0.05, 0) is 43.6 Å². The highest BCUT2D eigenvalue weighted by molar-refractivity contribution is 5.32. The lowest BCUT2D eigenvalue weighted by Gasteiger charge is -2.27. The second kappa shape index (κ2) is 5.29. The first-order chi connectivity index (χ1) is 7.42. The Morgan fingerprint density at radius 3 is 3.13 bits per heavy atom. The number of rotatable bonds is 4. The third-order valence-electron chi connectivity index (χ3n) is 3.08. The molecule has 0 saturated carbocycles. The van der Waals surface area contributed by atoms with E-state index < -0.39 is 0 Å². The molecular formula is C13H20N2. The van der Waals surface area contributed by atoms with E-state index in [4.69, 9.17) is 0 Å². The average molecular weight is 204 g/mol. The Morgan fingerprint density at radius 2 is 2.27 bits per heavy atom. The van der Waals surface area contributed by atoms with Gasteiger partial charge in [-0.1, -0.05) is 31.2 Å². The average Bonchev–Trinajstić information content (AvgIpc) is 2.30. The topological polar surface area (TPSA) is 24.1 Å². The standard InChI is InChI=1S/C13H20N2/c1-2-14-9-8-13-12-6-4-3-5-11(12)7-10-15-13/h3-6,13-15H,2,7-10H2,1H3. The zero-order valence-electron chi connectivity index (χ0n) is 9.42. The highest BCUT2D eigenvalue weighted by Crippen LogP contribution is 2.24. The molecule has 0 aliphatic carbocycles. The van der Waals surface area contributed by atoms with Crippen molar-refractivity contribution in [1.29, 1.82) is 0 Å².